The van der Waals surface area contributed by atoms with Crippen LogP contribution in [-0.2, 0) is 0 Å². The Balaban J connectivity index is 2.90. The van der Waals surface area contributed by atoms with Gasteiger partial charge < -0.3 is 11.1 Å². The summed E-state index contributed by atoms with van der Waals surface area (Å²) < 4.78 is 12.8. The van der Waals surface area contributed by atoms with Gasteiger partial charge in [-0.05, 0) is 18.2 Å². The van der Waals surface area contributed by atoms with Crippen LogP contribution in [0.3, 0.4) is 0 Å². The Labute approximate surface area is 102 Å². The van der Waals surface area contributed by atoms with E-state index in [1.807, 2.05) is 0 Å². The molecule has 2 nitrogen and oxygen atoms in total. The molecule has 15 heavy (non-hydrogen) atoms. The van der Waals surface area contributed by atoms with Crippen molar-refractivity contribution >= 4 is 46.1 Å². The lowest BCUT2D eigenvalue weighted by molar-refractivity contribution is 0.628. The Morgan fingerprint density at radius 2 is 1.93 bits per heavy atom. The molecule has 0 aliphatic carbocycles. The summed E-state index contributed by atoms with van der Waals surface area (Å²) >= 11 is 16.2. The molecule has 0 bridgehead atoms. The predicted octanol–water partition coefficient (Wildman–Crippen LogP) is 3.34. The van der Waals surface area contributed by atoms with Crippen molar-refractivity contribution in [3.8, 4) is 0 Å². The third-order valence-corrected chi connectivity index (χ3v) is 2.21. The molecule has 6 heteroatoms. The molecule has 0 spiro atoms. The fourth-order valence-corrected chi connectivity index (χ4v) is 1.52. The van der Waals surface area contributed by atoms with Crippen molar-refractivity contribution in [2.75, 3.05) is 5.32 Å². The van der Waals surface area contributed by atoms with Gasteiger partial charge >= 0.3 is 0 Å². The van der Waals surface area contributed by atoms with Crippen molar-refractivity contribution in [3.63, 3.8) is 0 Å². The molecule has 3 N–H and O–H groups in total. The van der Waals surface area contributed by atoms with Gasteiger partial charge in [0.1, 0.15) is 5.82 Å². The van der Waals surface area contributed by atoms with Gasteiger partial charge in [0.15, 0.2) is 0 Å². The van der Waals surface area contributed by atoms with Crippen molar-refractivity contribution < 1.29 is 4.39 Å². The van der Waals surface area contributed by atoms with Crippen molar-refractivity contribution in [2.45, 2.75) is 0 Å². The van der Waals surface area contributed by atoms with Crippen LogP contribution in [0.2, 0.25) is 10.0 Å². The highest BCUT2D eigenvalue weighted by Crippen LogP contribution is 2.31. The molecule has 0 atom stereocenters. The Kier molecular flexibility index (Phi) is 4.32. The standard InChI is InChI=1S/C9H7Cl2FN2S/c10-6-3-5(12)4-7(11)9(6)14-2-1-8(13)15/h1-4,14H,(H2,13,15)/b2-1-. The van der Waals surface area contributed by atoms with E-state index in [1.54, 1.807) is 0 Å². The van der Waals surface area contributed by atoms with Gasteiger partial charge in [-0.1, -0.05) is 35.4 Å². The third-order valence-electron chi connectivity index (χ3n) is 1.48. The smallest absolute Gasteiger partial charge is 0.126 e. The van der Waals surface area contributed by atoms with Crippen LogP contribution >= 0.6 is 35.4 Å². The molecule has 0 aromatic heterocycles. The van der Waals surface area contributed by atoms with Crippen LogP contribution in [0.1, 0.15) is 0 Å². The van der Waals surface area contributed by atoms with Crippen molar-refractivity contribution in [3.05, 3.63) is 40.3 Å². The highest BCUT2D eigenvalue weighted by molar-refractivity contribution is 7.80. The molecule has 0 fully saturated rings. The molecular formula is C9H7Cl2FN2S. The molecule has 1 aromatic carbocycles. The molecule has 0 heterocycles. The van der Waals surface area contributed by atoms with Crippen LogP contribution < -0.4 is 11.1 Å². The number of nitrogens with one attached hydrogen (secondary N) is 1. The minimum Gasteiger partial charge on any atom is -0.390 e. The Hall–Kier alpha value is -0.840. The number of anilines is 1. The van der Waals surface area contributed by atoms with Crippen LogP contribution in [0.4, 0.5) is 10.1 Å². The molecule has 1 rings (SSSR count). The number of benzene rings is 1. The van der Waals surface area contributed by atoms with E-state index in [-0.39, 0.29) is 15.0 Å². The summed E-state index contributed by atoms with van der Waals surface area (Å²) in [5.41, 5.74) is 5.64. The maximum Gasteiger partial charge on any atom is 0.126 e. The van der Waals surface area contributed by atoms with E-state index in [0.29, 0.717) is 5.69 Å². The van der Waals surface area contributed by atoms with Gasteiger partial charge in [0.05, 0.1) is 20.7 Å². The average molecular weight is 265 g/mol. The summed E-state index contributed by atoms with van der Waals surface area (Å²) in [6.07, 6.45) is 2.94. The third kappa shape index (κ3) is 3.66. The van der Waals surface area contributed by atoms with Gasteiger partial charge in [0, 0.05) is 6.20 Å². The van der Waals surface area contributed by atoms with Gasteiger partial charge in [-0.25, -0.2) is 4.39 Å². The first kappa shape index (κ1) is 12.2. The minimum absolute atomic E-state index is 0.188. The molecule has 0 aliphatic heterocycles. The van der Waals surface area contributed by atoms with E-state index in [1.165, 1.54) is 12.3 Å². The molecule has 1 aromatic rings. The number of hydrogen-bond donors (Lipinski definition) is 2. The molecule has 80 valence electrons. The molecule has 0 aliphatic rings. The highest BCUT2D eigenvalue weighted by Gasteiger charge is 2.06. The second-order valence-corrected chi connectivity index (χ2v) is 3.91. The first-order valence-electron chi connectivity index (χ1n) is 3.88. The molecule has 0 saturated heterocycles. The van der Waals surface area contributed by atoms with Gasteiger partial charge in [-0.15, -0.1) is 0 Å². The second kappa shape index (κ2) is 5.30. The number of thiocarbonyl (C=S) groups is 1. The number of halogens is 3. The lowest BCUT2D eigenvalue weighted by Crippen LogP contribution is -2.03. The Bertz CT molecular complexity index is 398. The summed E-state index contributed by atoms with van der Waals surface area (Å²) in [6, 6.07) is 2.31. The van der Waals surface area contributed by atoms with Crippen molar-refractivity contribution in [1.82, 2.24) is 0 Å². The molecular weight excluding hydrogens is 258 g/mol. The van der Waals surface area contributed by atoms with Crippen LogP contribution in [-0.4, -0.2) is 4.99 Å². The highest BCUT2D eigenvalue weighted by atomic mass is 35.5. The first-order chi connectivity index (χ1) is 7.00. The molecule has 0 saturated carbocycles. The quantitative estimate of drug-likeness (QED) is 0.650. The number of rotatable bonds is 3. The van der Waals surface area contributed by atoms with E-state index in [0.717, 1.165) is 12.1 Å². The summed E-state index contributed by atoms with van der Waals surface area (Å²) in [4.78, 5) is 0.219. The zero-order valence-corrected chi connectivity index (χ0v) is 9.76. The molecule has 0 amide bonds. The fraction of sp³-hybridized carbons (Fsp3) is 0. The summed E-state index contributed by atoms with van der Waals surface area (Å²) in [7, 11) is 0. The van der Waals surface area contributed by atoms with Gasteiger partial charge in [0.2, 0.25) is 0 Å². The number of nitrogens with two attached hydrogens (primary N) is 1. The zero-order valence-electron chi connectivity index (χ0n) is 7.43. The minimum atomic E-state index is -0.492. The van der Waals surface area contributed by atoms with Crippen molar-refractivity contribution in [2.24, 2.45) is 5.73 Å². The van der Waals surface area contributed by atoms with Gasteiger partial charge in [-0.2, -0.15) is 0 Å². The SMILES string of the molecule is NC(=S)/C=C\Nc1c(Cl)cc(F)cc1Cl. The summed E-state index contributed by atoms with van der Waals surface area (Å²) in [5, 5.41) is 3.14. The van der Waals surface area contributed by atoms with Gasteiger partial charge in [0.25, 0.3) is 0 Å². The average Bonchev–Trinajstić information content (AvgIpc) is 2.08. The summed E-state index contributed by atoms with van der Waals surface area (Å²) in [5.74, 6) is -0.492. The van der Waals surface area contributed by atoms with Gasteiger partial charge in [-0.3, -0.25) is 0 Å². The molecule has 0 radical (unpaired) electrons. The topological polar surface area (TPSA) is 38.0 Å². The monoisotopic (exact) mass is 264 g/mol. The van der Waals surface area contributed by atoms with Crippen LogP contribution in [0.15, 0.2) is 24.4 Å². The van der Waals surface area contributed by atoms with Crippen LogP contribution in [0.5, 0.6) is 0 Å². The lowest BCUT2D eigenvalue weighted by Gasteiger charge is -2.06. The predicted molar refractivity (Wildman–Crippen MR) is 66.0 cm³/mol. The van der Waals surface area contributed by atoms with E-state index >= 15 is 0 Å². The Morgan fingerprint density at radius 1 is 1.40 bits per heavy atom. The van der Waals surface area contributed by atoms with Crippen LogP contribution in [0, 0.1) is 5.82 Å². The largest absolute Gasteiger partial charge is 0.390 e. The van der Waals surface area contributed by atoms with E-state index < -0.39 is 5.82 Å². The lowest BCUT2D eigenvalue weighted by atomic mass is 10.3. The van der Waals surface area contributed by atoms with Crippen molar-refractivity contribution in [1.29, 1.82) is 0 Å². The maximum absolute atomic E-state index is 12.8. The second-order valence-electron chi connectivity index (χ2n) is 2.62. The summed E-state index contributed by atoms with van der Waals surface area (Å²) in [6.45, 7) is 0. The first-order valence-corrected chi connectivity index (χ1v) is 5.04. The van der Waals surface area contributed by atoms with E-state index in [4.69, 9.17) is 28.9 Å². The number of hydrogen-bond acceptors (Lipinski definition) is 2. The molecule has 0 unspecified atom stereocenters. The normalized spacial score (nSPS) is 10.6. The Morgan fingerprint density at radius 3 is 2.40 bits per heavy atom. The maximum atomic E-state index is 12.8. The van der Waals surface area contributed by atoms with Crippen LogP contribution in [0.25, 0.3) is 0 Å². The fourth-order valence-electron chi connectivity index (χ4n) is 0.887. The zero-order chi connectivity index (χ0) is 11.4. The van der Waals surface area contributed by atoms with E-state index in [2.05, 4.69) is 17.5 Å². The van der Waals surface area contributed by atoms with E-state index in [9.17, 15) is 4.39 Å².